The Morgan fingerprint density at radius 1 is 0.667 bits per heavy atom. The molecule has 0 aromatic heterocycles. The van der Waals surface area contributed by atoms with Crippen molar-refractivity contribution in [2.75, 3.05) is 0 Å². The summed E-state index contributed by atoms with van der Waals surface area (Å²) >= 11 is 0. The largest absolute Gasteiger partial charge is 2.00 e. The molecule has 0 fully saturated rings. The van der Waals surface area contributed by atoms with E-state index in [9.17, 15) is 0 Å². The van der Waals surface area contributed by atoms with E-state index >= 15 is 0 Å². The van der Waals surface area contributed by atoms with Crippen molar-refractivity contribution in [3.8, 4) is 0 Å². The zero-order chi connectivity index (χ0) is 0. The minimum absolute atomic E-state index is 0. The van der Waals surface area contributed by atoms with Gasteiger partial charge in [-0.05, 0) is 0 Å². The van der Waals surface area contributed by atoms with Crippen molar-refractivity contribution in [1.82, 2.24) is 0 Å². The number of hydrogen-bond donors (Lipinski definition) is 0. The van der Waals surface area contributed by atoms with Crippen molar-refractivity contribution in [2.45, 2.75) is 0 Å². The Labute approximate surface area is 101 Å². The van der Waals surface area contributed by atoms with E-state index in [1.54, 1.807) is 0 Å². The van der Waals surface area contributed by atoms with Crippen LogP contribution in [0.5, 0.6) is 0 Å². The minimum atomic E-state index is 0. The second kappa shape index (κ2) is 50.4. The molecule has 0 aliphatic heterocycles. The fourth-order valence-corrected chi connectivity index (χ4v) is 0. The van der Waals surface area contributed by atoms with Crippen molar-refractivity contribution in [3.05, 3.63) is 0 Å². The molecular formula is H8BaCr2O3. The summed E-state index contributed by atoms with van der Waals surface area (Å²) in [6, 6.07) is 0. The van der Waals surface area contributed by atoms with E-state index in [0.29, 0.717) is 0 Å². The maximum atomic E-state index is 0. The smallest absolute Gasteiger partial charge is 1.00 e. The summed E-state index contributed by atoms with van der Waals surface area (Å²) in [5.74, 6) is 0. The molecule has 0 bridgehead atoms. The number of rotatable bonds is 0. The number of hydrogen-bond acceptors (Lipinski definition) is 0. The van der Waals surface area contributed by atoms with Gasteiger partial charge in [-0.3, -0.25) is 0 Å². The van der Waals surface area contributed by atoms with Gasteiger partial charge in [0.05, 0.1) is 0 Å². The van der Waals surface area contributed by atoms with Crippen molar-refractivity contribution < 1.29 is 54.0 Å². The van der Waals surface area contributed by atoms with E-state index in [2.05, 4.69) is 0 Å². The van der Waals surface area contributed by atoms with Gasteiger partial charge in [0.15, 0.2) is 0 Å². The third-order valence-electron chi connectivity index (χ3n) is 0. The van der Waals surface area contributed by atoms with Crippen LogP contribution in [0.1, 0.15) is 2.85 Å². The van der Waals surface area contributed by atoms with E-state index in [0.717, 1.165) is 0 Å². The normalized spacial score (nSPS) is 0. The predicted molar refractivity (Wildman–Crippen MR) is 18.8 cm³/mol. The average Bonchev–Trinajstić information content (AvgIpc) is 0. The van der Waals surface area contributed by atoms with Crippen LogP contribution in [-0.2, 0) is 34.7 Å². The molecule has 0 spiro atoms. The van der Waals surface area contributed by atoms with Gasteiger partial charge >= 0.3 is 48.9 Å². The average molecular weight is 297 g/mol. The Bertz CT molecular complexity index is 15.2. The molecule has 0 unspecified atom stereocenters. The van der Waals surface area contributed by atoms with Gasteiger partial charge in [0, 0.05) is 34.7 Å². The summed E-state index contributed by atoms with van der Waals surface area (Å²) in [5, 5.41) is 0. The first-order valence-corrected chi connectivity index (χ1v) is 0. The Kier molecular flexibility index (Phi) is 638. The molecule has 6 N–H and O–H groups in total. The van der Waals surface area contributed by atoms with Crippen LogP contribution in [-0.4, -0.2) is 65.3 Å². The molecule has 0 aliphatic rings. The van der Waals surface area contributed by atoms with Crippen LogP contribution in [0, 0.1) is 0 Å². The Balaban J connectivity index is 0. The molecule has 0 amide bonds. The van der Waals surface area contributed by atoms with E-state index in [1.165, 1.54) is 0 Å². The molecule has 0 atom stereocenters. The third kappa shape index (κ3) is 31.3. The maximum absolute atomic E-state index is 0. The van der Waals surface area contributed by atoms with Gasteiger partial charge in [-0.15, -0.1) is 0 Å². The molecule has 40 valence electrons. The molecule has 0 aliphatic carbocycles. The molecule has 0 radical (unpaired) electrons. The van der Waals surface area contributed by atoms with E-state index in [1.807, 2.05) is 0 Å². The quantitative estimate of drug-likeness (QED) is 0.437. The molecule has 0 heterocycles. The maximum Gasteiger partial charge on any atom is 2.00 e. The first-order valence-electron chi connectivity index (χ1n) is 0. The molecule has 0 aromatic carbocycles. The Morgan fingerprint density at radius 2 is 0.667 bits per heavy atom. The van der Waals surface area contributed by atoms with Crippen molar-refractivity contribution in [3.63, 3.8) is 0 Å². The summed E-state index contributed by atoms with van der Waals surface area (Å²) < 4.78 is 0. The van der Waals surface area contributed by atoms with Crippen molar-refractivity contribution in [2.24, 2.45) is 0 Å². The van der Waals surface area contributed by atoms with Crippen LogP contribution in [0.2, 0.25) is 0 Å². The first kappa shape index (κ1) is 76.0. The van der Waals surface area contributed by atoms with Gasteiger partial charge < -0.3 is 19.3 Å². The first-order chi connectivity index (χ1) is 0. The fraction of sp³-hybridized carbons (Fsp3) is 0. The Morgan fingerprint density at radius 3 is 0.667 bits per heavy atom. The summed E-state index contributed by atoms with van der Waals surface area (Å²) in [6.07, 6.45) is 0. The van der Waals surface area contributed by atoms with Crippen LogP contribution in [0.25, 0.3) is 0 Å². The SMILES string of the molecule is O.O.O.[Ba+2].[Cr].[Cr].[H-].[H-]. The van der Waals surface area contributed by atoms with Crippen LogP contribution in [0.3, 0.4) is 0 Å². The molecular weight excluding hydrogens is 289 g/mol. The summed E-state index contributed by atoms with van der Waals surface area (Å²) in [4.78, 5) is 0. The molecule has 0 rings (SSSR count). The summed E-state index contributed by atoms with van der Waals surface area (Å²) in [5.41, 5.74) is 0. The second-order valence-corrected chi connectivity index (χ2v) is 0. The predicted octanol–water partition coefficient (Wildman–Crippen LogP) is -2.63. The van der Waals surface area contributed by atoms with E-state index < -0.39 is 0 Å². The van der Waals surface area contributed by atoms with E-state index in [-0.39, 0.29) is 103 Å². The van der Waals surface area contributed by atoms with Gasteiger partial charge in [-0.2, -0.15) is 0 Å². The van der Waals surface area contributed by atoms with Gasteiger partial charge in [-0.1, -0.05) is 0 Å². The van der Waals surface area contributed by atoms with Crippen LogP contribution < -0.4 is 0 Å². The van der Waals surface area contributed by atoms with Gasteiger partial charge in [0.2, 0.25) is 0 Å². The summed E-state index contributed by atoms with van der Waals surface area (Å²) in [6.45, 7) is 0. The zero-order valence-electron chi connectivity index (χ0n) is 5.02. The van der Waals surface area contributed by atoms with E-state index in [4.69, 9.17) is 0 Å². The Hall–Kier alpha value is 2.52. The van der Waals surface area contributed by atoms with Gasteiger partial charge in [-0.25, -0.2) is 0 Å². The monoisotopic (exact) mass is 298 g/mol. The van der Waals surface area contributed by atoms with Gasteiger partial charge in [0.1, 0.15) is 0 Å². The molecule has 3 nitrogen and oxygen atoms in total. The topological polar surface area (TPSA) is 94.5 Å². The summed E-state index contributed by atoms with van der Waals surface area (Å²) in [7, 11) is 0. The second-order valence-electron chi connectivity index (χ2n) is 0. The zero-order valence-corrected chi connectivity index (χ0v) is 10.0. The third-order valence-corrected chi connectivity index (χ3v) is 0. The molecule has 6 heavy (non-hydrogen) atoms. The molecule has 0 aromatic rings. The molecule has 0 saturated heterocycles. The molecule has 0 saturated carbocycles. The van der Waals surface area contributed by atoms with Crippen molar-refractivity contribution in [1.29, 1.82) is 0 Å². The fourth-order valence-electron chi connectivity index (χ4n) is 0. The molecule has 6 heteroatoms. The van der Waals surface area contributed by atoms with Crippen LogP contribution in [0.15, 0.2) is 0 Å². The van der Waals surface area contributed by atoms with Crippen molar-refractivity contribution >= 4 is 48.9 Å². The van der Waals surface area contributed by atoms with Crippen LogP contribution >= 0.6 is 0 Å². The van der Waals surface area contributed by atoms with Crippen LogP contribution in [0.4, 0.5) is 0 Å². The van der Waals surface area contributed by atoms with Gasteiger partial charge in [0.25, 0.3) is 0 Å². The standard InChI is InChI=1S/Ba.2Cr.3H2O.2H/h;;;3*1H2;;/q+2;;;;;;2*-1. The minimum Gasteiger partial charge on any atom is -1.00 e.